The van der Waals surface area contributed by atoms with Gasteiger partial charge in [-0.1, -0.05) is 32.9 Å². The van der Waals surface area contributed by atoms with Gasteiger partial charge < -0.3 is 4.74 Å². The Morgan fingerprint density at radius 2 is 1.84 bits per heavy atom. The molecule has 1 radical (unpaired) electrons. The van der Waals surface area contributed by atoms with Crippen molar-refractivity contribution in [3.05, 3.63) is 53.8 Å². The Hall–Kier alpha value is -1.83. The molecule has 99 valence electrons. The molecule has 19 heavy (non-hydrogen) atoms. The zero-order valence-electron chi connectivity index (χ0n) is 11.8. The number of hydrogen-bond donors (Lipinski definition) is 0. The summed E-state index contributed by atoms with van der Waals surface area (Å²) in [5.41, 5.74) is 2.46. The molecule has 0 heterocycles. The van der Waals surface area contributed by atoms with Gasteiger partial charge in [0.15, 0.2) is 0 Å². The summed E-state index contributed by atoms with van der Waals surface area (Å²) in [6.45, 7) is 6.34. The minimum atomic E-state index is -0.245. The van der Waals surface area contributed by atoms with Gasteiger partial charge in [0.1, 0.15) is 11.6 Å². The summed E-state index contributed by atoms with van der Waals surface area (Å²) >= 11 is 0. The molecular weight excluding hydrogens is 239 g/mol. The van der Waals surface area contributed by atoms with Crippen molar-refractivity contribution in [2.45, 2.75) is 26.2 Å². The van der Waals surface area contributed by atoms with Crippen LogP contribution in [0.1, 0.15) is 26.3 Å². The first-order valence-corrected chi connectivity index (χ1v) is 6.28. The summed E-state index contributed by atoms with van der Waals surface area (Å²) in [6, 6.07) is 13.5. The molecular formula is C17H18FO. The van der Waals surface area contributed by atoms with E-state index in [1.165, 1.54) is 6.07 Å². The molecule has 0 saturated heterocycles. The first-order chi connectivity index (χ1) is 8.93. The van der Waals surface area contributed by atoms with Gasteiger partial charge in [-0.05, 0) is 46.9 Å². The van der Waals surface area contributed by atoms with Crippen LogP contribution in [0.25, 0.3) is 11.1 Å². The average Bonchev–Trinajstić information content (AvgIpc) is 2.38. The van der Waals surface area contributed by atoms with E-state index in [0.29, 0.717) is 11.3 Å². The van der Waals surface area contributed by atoms with E-state index in [-0.39, 0.29) is 11.2 Å². The Kier molecular flexibility index (Phi) is 3.61. The van der Waals surface area contributed by atoms with Gasteiger partial charge >= 0.3 is 0 Å². The largest absolute Gasteiger partial charge is 0.497 e. The second kappa shape index (κ2) is 5.04. The molecule has 0 N–H and O–H groups in total. The predicted molar refractivity (Wildman–Crippen MR) is 75.9 cm³/mol. The third-order valence-corrected chi connectivity index (χ3v) is 3.14. The molecule has 2 aromatic rings. The Morgan fingerprint density at radius 1 is 1.11 bits per heavy atom. The van der Waals surface area contributed by atoms with Gasteiger partial charge in [0, 0.05) is 5.56 Å². The van der Waals surface area contributed by atoms with Gasteiger partial charge in [0.05, 0.1) is 7.11 Å². The van der Waals surface area contributed by atoms with Crippen molar-refractivity contribution in [3.63, 3.8) is 0 Å². The van der Waals surface area contributed by atoms with Crippen molar-refractivity contribution in [1.82, 2.24) is 0 Å². The first-order valence-electron chi connectivity index (χ1n) is 6.28. The quantitative estimate of drug-likeness (QED) is 0.764. The van der Waals surface area contributed by atoms with Crippen LogP contribution in [0, 0.1) is 11.9 Å². The number of ether oxygens (including phenoxy) is 1. The van der Waals surface area contributed by atoms with Crippen molar-refractivity contribution in [3.8, 4) is 16.9 Å². The van der Waals surface area contributed by atoms with Gasteiger partial charge in [-0.2, -0.15) is 0 Å². The lowest BCUT2D eigenvalue weighted by Gasteiger charge is -2.23. The second-order valence-corrected chi connectivity index (χ2v) is 5.57. The third kappa shape index (κ3) is 2.78. The minimum Gasteiger partial charge on any atom is -0.497 e. The number of hydrogen-bond acceptors (Lipinski definition) is 1. The smallest absolute Gasteiger partial charge is 0.131 e. The molecule has 0 aliphatic carbocycles. The number of rotatable bonds is 2. The molecule has 0 aliphatic heterocycles. The summed E-state index contributed by atoms with van der Waals surface area (Å²) in [5.74, 6) is 0.408. The van der Waals surface area contributed by atoms with E-state index >= 15 is 0 Å². The second-order valence-electron chi connectivity index (χ2n) is 5.57. The maximum atomic E-state index is 14.1. The SMILES string of the molecule is COc1ccc(F)c(-c2c[c]ccc2C(C)(C)C)c1. The molecule has 0 unspecified atom stereocenters. The molecule has 2 heteroatoms. The predicted octanol–water partition coefficient (Wildman–Crippen LogP) is 4.60. The van der Waals surface area contributed by atoms with E-state index in [1.54, 1.807) is 19.2 Å². The van der Waals surface area contributed by atoms with Crippen molar-refractivity contribution in [1.29, 1.82) is 0 Å². The van der Waals surface area contributed by atoms with Crippen LogP contribution in [0.3, 0.4) is 0 Å². The van der Waals surface area contributed by atoms with E-state index < -0.39 is 0 Å². The van der Waals surface area contributed by atoms with Gasteiger partial charge in [-0.25, -0.2) is 4.39 Å². The first kappa shape index (κ1) is 13.6. The van der Waals surface area contributed by atoms with Crippen molar-refractivity contribution >= 4 is 0 Å². The van der Waals surface area contributed by atoms with Crippen molar-refractivity contribution < 1.29 is 9.13 Å². The fourth-order valence-corrected chi connectivity index (χ4v) is 2.15. The summed E-state index contributed by atoms with van der Waals surface area (Å²) in [7, 11) is 1.58. The number of benzene rings is 2. The lowest BCUT2D eigenvalue weighted by Crippen LogP contribution is -2.12. The highest BCUT2D eigenvalue weighted by molar-refractivity contribution is 5.70. The highest BCUT2D eigenvalue weighted by Gasteiger charge is 2.20. The van der Waals surface area contributed by atoms with Crippen LogP contribution in [0.15, 0.2) is 36.4 Å². The molecule has 0 aromatic heterocycles. The molecule has 2 aromatic carbocycles. The Balaban J connectivity index is 2.65. The van der Waals surface area contributed by atoms with E-state index in [1.807, 2.05) is 18.2 Å². The Bertz CT molecular complexity index is 582. The fourth-order valence-electron chi connectivity index (χ4n) is 2.15. The van der Waals surface area contributed by atoms with Crippen LogP contribution in [-0.4, -0.2) is 7.11 Å². The molecule has 0 fully saturated rings. The molecule has 0 bridgehead atoms. The molecule has 1 nitrogen and oxygen atoms in total. The summed E-state index contributed by atoms with van der Waals surface area (Å²) in [6.07, 6.45) is 0. The molecule has 0 saturated carbocycles. The molecule has 0 spiro atoms. The van der Waals surface area contributed by atoms with Crippen molar-refractivity contribution in [2.24, 2.45) is 0 Å². The summed E-state index contributed by atoms with van der Waals surface area (Å²) in [5, 5.41) is 0. The highest BCUT2D eigenvalue weighted by Crippen LogP contribution is 2.35. The maximum absolute atomic E-state index is 14.1. The van der Waals surface area contributed by atoms with Crippen LogP contribution in [0.5, 0.6) is 5.75 Å². The maximum Gasteiger partial charge on any atom is 0.131 e. The van der Waals surface area contributed by atoms with Crippen LogP contribution in [0.4, 0.5) is 4.39 Å². The average molecular weight is 257 g/mol. The van der Waals surface area contributed by atoms with E-state index in [0.717, 1.165) is 11.1 Å². The molecule has 0 aliphatic rings. The van der Waals surface area contributed by atoms with Crippen LogP contribution in [0.2, 0.25) is 0 Å². The lowest BCUT2D eigenvalue weighted by molar-refractivity contribution is 0.414. The standard InChI is InChI=1S/C17H18FO/c1-17(2,3)15-8-6-5-7-13(15)14-11-12(19-4)9-10-16(14)18/h6-11H,1-4H3. The topological polar surface area (TPSA) is 9.23 Å². The van der Waals surface area contributed by atoms with Gasteiger partial charge in [-0.3, -0.25) is 0 Å². The minimum absolute atomic E-state index is 0.0556. The Morgan fingerprint density at radius 3 is 2.47 bits per heavy atom. The van der Waals surface area contributed by atoms with Crippen LogP contribution in [-0.2, 0) is 5.41 Å². The molecule has 2 rings (SSSR count). The van der Waals surface area contributed by atoms with Gasteiger partial charge in [-0.15, -0.1) is 0 Å². The lowest BCUT2D eigenvalue weighted by atomic mass is 9.82. The van der Waals surface area contributed by atoms with Crippen LogP contribution >= 0.6 is 0 Å². The van der Waals surface area contributed by atoms with E-state index in [2.05, 4.69) is 26.8 Å². The monoisotopic (exact) mass is 257 g/mol. The Labute approximate surface area is 114 Å². The summed E-state index contributed by atoms with van der Waals surface area (Å²) in [4.78, 5) is 0. The van der Waals surface area contributed by atoms with E-state index in [4.69, 9.17) is 4.74 Å². The summed E-state index contributed by atoms with van der Waals surface area (Å²) < 4.78 is 19.3. The highest BCUT2D eigenvalue weighted by atomic mass is 19.1. The van der Waals surface area contributed by atoms with Crippen molar-refractivity contribution in [2.75, 3.05) is 7.11 Å². The number of methoxy groups -OCH3 is 1. The van der Waals surface area contributed by atoms with Gasteiger partial charge in [0.25, 0.3) is 0 Å². The zero-order valence-corrected chi connectivity index (χ0v) is 11.8. The molecule has 0 amide bonds. The molecule has 0 atom stereocenters. The fraction of sp³-hybridized carbons (Fsp3) is 0.294. The van der Waals surface area contributed by atoms with E-state index in [9.17, 15) is 4.39 Å². The normalized spacial score (nSPS) is 11.4. The third-order valence-electron chi connectivity index (χ3n) is 3.14. The number of halogens is 1. The van der Waals surface area contributed by atoms with Gasteiger partial charge in [0.2, 0.25) is 0 Å². The zero-order chi connectivity index (χ0) is 14.0. The van der Waals surface area contributed by atoms with Crippen LogP contribution < -0.4 is 4.74 Å².